The van der Waals surface area contributed by atoms with Gasteiger partial charge in [0.25, 0.3) is 0 Å². The molecule has 0 saturated heterocycles. The molecular formula is C13H19IO3. The number of aliphatic hydroxyl groups excluding tert-OH is 2. The van der Waals surface area contributed by atoms with Crippen LogP contribution in [0.4, 0.5) is 0 Å². The van der Waals surface area contributed by atoms with Gasteiger partial charge < -0.3 is 14.9 Å². The minimum absolute atomic E-state index is 0.121. The highest BCUT2D eigenvalue weighted by Crippen LogP contribution is 2.33. The zero-order valence-electron chi connectivity index (χ0n) is 10.4. The highest BCUT2D eigenvalue weighted by molar-refractivity contribution is 14.1. The SMILES string of the molecule is Cc1ccc(C(C)C)c(OCC(O)CO)c1I. The van der Waals surface area contributed by atoms with Crippen molar-refractivity contribution >= 4 is 22.6 Å². The third-order valence-electron chi connectivity index (χ3n) is 2.57. The molecule has 0 aromatic heterocycles. The van der Waals surface area contributed by atoms with E-state index >= 15 is 0 Å². The Labute approximate surface area is 116 Å². The molecule has 4 heteroatoms. The topological polar surface area (TPSA) is 49.7 Å². The molecule has 0 fully saturated rings. The van der Waals surface area contributed by atoms with E-state index in [9.17, 15) is 5.11 Å². The quantitative estimate of drug-likeness (QED) is 0.803. The number of benzene rings is 1. The number of hydrogen-bond donors (Lipinski definition) is 2. The predicted molar refractivity (Wildman–Crippen MR) is 76.6 cm³/mol. The van der Waals surface area contributed by atoms with Gasteiger partial charge in [-0.1, -0.05) is 26.0 Å². The molecule has 3 nitrogen and oxygen atoms in total. The zero-order valence-corrected chi connectivity index (χ0v) is 12.6. The van der Waals surface area contributed by atoms with E-state index in [4.69, 9.17) is 9.84 Å². The van der Waals surface area contributed by atoms with Crippen LogP contribution in [0, 0.1) is 10.5 Å². The first-order valence-corrected chi connectivity index (χ1v) is 6.76. The Morgan fingerprint density at radius 1 is 1.35 bits per heavy atom. The van der Waals surface area contributed by atoms with Crippen LogP contribution in [-0.2, 0) is 0 Å². The number of aliphatic hydroxyl groups is 2. The Hall–Kier alpha value is -0.330. The molecule has 0 amide bonds. The Kier molecular flexibility index (Phi) is 5.69. The summed E-state index contributed by atoms with van der Waals surface area (Å²) < 4.78 is 6.71. The predicted octanol–water partition coefficient (Wildman–Crippen LogP) is 2.46. The van der Waals surface area contributed by atoms with E-state index in [-0.39, 0.29) is 13.2 Å². The molecule has 17 heavy (non-hydrogen) atoms. The summed E-state index contributed by atoms with van der Waals surface area (Å²) in [7, 11) is 0. The smallest absolute Gasteiger partial charge is 0.136 e. The van der Waals surface area contributed by atoms with Gasteiger partial charge >= 0.3 is 0 Å². The summed E-state index contributed by atoms with van der Waals surface area (Å²) in [5.74, 6) is 1.19. The summed E-state index contributed by atoms with van der Waals surface area (Å²) >= 11 is 2.25. The Morgan fingerprint density at radius 2 is 2.00 bits per heavy atom. The van der Waals surface area contributed by atoms with Crippen LogP contribution < -0.4 is 4.74 Å². The lowest BCUT2D eigenvalue weighted by Crippen LogP contribution is -2.22. The average molecular weight is 350 g/mol. The lowest BCUT2D eigenvalue weighted by molar-refractivity contribution is 0.0529. The highest BCUT2D eigenvalue weighted by atomic mass is 127. The van der Waals surface area contributed by atoms with Crippen LogP contribution in [0.1, 0.15) is 30.9 Å². The van der Waals surface area contributed by atoms with E-state index in [0.717, 1.165) is 20.4 Å². The largest absolute Gasteiger partial charge is 0.489 e. The number of aryl methyl sites for hydroxylation is 1. The van der Waals surface area contributed by atoms with Gasteiger partial charge in [-0.3, -0.25) is 0 Å². The van der Waals surface area contributed by atoms with Gasteiger partial charge in [0.1, 0.15) is 18.5 Å². The third-order valence-corrected chi connectivity index (χ3v) is 3.91. The number of hydrogen-bond acceptors (Lipinski definition) is 3. The zero-order chi connectivity index (χ0) is 13.0. The molecule has 1 unspecified atom stereocenters. The standard InChI is InChI=1S/C13H19IO3/c1-8(2)11-5-4-9(3)12(14)13(11)17-7-10(16)6-15/h4-5,8,10,15-16H,6-7H2,1-3H3. The van der Waals surface area contributed by atoms with Crippen molar-refractivity contribution in [3.63, 3.8) is 0 Å². The molecule has 0 aliphatic carbocycles. The molecule has 0 bridgehead atoms. The minimum atomic E-state index is -0.827. The summed E-state index contributed by atoms with van der Waals surface area (Å²) in [5.41, 5.74) is 2.29. The van der Waals surface area contributed by atoms with Gasteiger partial charge in [0.2, 0.25) is 0 Å². The van der Waals surface area contributed by atoms with Gasteiger partial charge in [-0.15, -0.1) is 0 Å². The first-order chi connectivity index (χ1) is 7.97. The molecule has 1 atom stereocenters. The molecule has 0 radical (unpaired) electrons. The summed E-state index contributed by atoms with van der Waals surface area (Å²) in [6.45, 7) is 6.09. The molecule has 0 aliphatic heterocycles. The van der Waals surface area contributed by atoms with E-state index in [1.165, 1.54) is 0 Å². The maximum Gasteiger partial charge on any atom is 0.136 e. The van der Waals surface area contributed by atoms with E-state index < -0.39 is 6.10 Å². The van der Waals surface area contributed by atoms with Crippen LogP contribution in [0.15, 0.2) is 12.1 Å². The van der Waals surface area contributed by atoms with Gasteiger partial charge in [0.15, 0.2) is 0 Å². The molecule has 2 N–H and O–H groups in total. The number of rotatable bonds is 5. The van der Waals surface area contributed by atoms with Gasteiger partial charge in [0, 0.05) is 0 Å². The fourth-order valence-electron chi connectivity index (χ4n) is 1.50. The molecule has 96 valence electrons. The van der Waals surface area contributed by atoms with Crippen molar-refractivity contribution in [1.82, 2.24) is 0 Å². The van der Waals surface area contributed by atoms with E-state index in [0.29, 0.717) is 5.92 Å². The van der Waals surface area contributed by atoms with Crippen molar-refractivity contribution in [3.8, 4) is 5.75 Å². The minimum Gasteiger partial charge on any atom is -0.489 e. The van der Waals surface area contributed by atoms with Crippen molar-refractivity contribution in [2.75, 3.05) is 13.2 Å². The molecule has 1 rings (SSSR count). The van der Waals surface area contributed by atoms with Crippen molar-refractivity contribution < 1.29 is 14.9 Å². The summed E-state index contributed by atoms with van der Waals surface area (Å²) in [5, 5.41) is 18.1. The van der Waals surface area contributed by atoms with Gasteiger partial charge in [-0.2, -0.15) is 0 Å². The van der Waals surface area contributed by atoms with E-state index in [1.807, 2.05) is 6.92 Å². The summed E-state index contributed by atoms with van der Waals surface area (Å²) in [6.07, 6.45) is -0.827. The Bertz CT molecular complexity index is 377. The van der Waals surface area contributed by atoms with Gasteiger partial charge in [-0.05, 0) is 46.6 Å². The van der Waals surface area contributed by atoms with Crippen molar-refractivity contribution in [3.05, 3.63) is 26.8 Å². The normalized spacial score (nSPS) is 12.9. The average Bonchev–Trinajstić information content (AvgIpc) is 2.30. The maximum absolute atomic E-state index is 9.33. The summed E-state index contributed by atoms with van der Waals surface area (Å²) in [4.78, 5) is 0. The van der Waals surface area contributed by atoms with E-state index in [1.54, 1.807) is 0 Å². The Balaban J connectivity index is 2.98. The second-order valence-corrected chi connectivity index (χ2v) is 5.50. The first kappa shape index (κ1) is 14.7. The molecule has 1 aromatic rings. The molecule has 0 saturated carbocycles. The maximum atomic E-state index is 9.33. The second-order valence-electron chi connectivity index (χ2n) is 4.42. The van der Waals surface area contributed by atoms with Crippen LogP contribution in [0.2, 0.25) is 0 Å². The fraction of sp³-hybridized carbons (Fsp3) is 0.538. The van der Waals surface area contributed by atoms with Crippen LogP contribution in [-0.4, -0.2) is 29.5 Å². The van der Waals surface area contributed by atoms with Crippen molar-refractivity contribution in [2.24, 2.45) is 0 Å². The van der Waals surface area contributed by atoms with Crippen LogP contribution in [0.3, 0.4) is 0 Å². The number of ether oxygens (including phenoxy) is 1. The van der Waals surface area contributed by atoms with Crippen molar-refractivity contribution in [1.29, 1.82) is 0 Å². The Morgan fingerprint density at radius 3 is 2.53 bits per heavy atom. The lowest BCUT2D eigenvalue weighted by atomic mass is 10.0. The van der Waals surface area contributed by atoms with E-state index in [2.05, 4.69) is 48.6 Å². The summed E-state index contributed by atoms with van der Waals surface area (Å²) in [6, 6.07) is 4.13. The van der Waals surface area contributed by atoms with Crippen LogP contribution in [0.5, 0.6) is 5.75 Å². The second kappa shape index (κ2) is 6.56. The first-order valence-electron chi connectivity index (χ1n) is 5.68. The van der Waals surface area contributed by atoms with Gasteiger partial charge in [-0.25, -0.2) is 0 Å². The molecular weight excluding hydrogens is 331 g/mol. The molecule has 1 aromatic carbocycles. The lowest BCUT2D eigenvalue weighted by Gasteiger charge is -2.18. The highest BCUT2D eigenvalue weighted by Gasteiger charge is 2.14. The fourth-order valence-corrected chi connectivity index (χ4v) is 2.15. The van der Waals surface area contributed by atoms with Crippen LogP contribution >= 0.6 is 22.6 Å². The van der Waals surface area contributed by atoms with Crippen molar-refractivity contribution in [2.45, 2.75) is 32.8 Å². The third kappa shape index (κ3) is 3.82. The van der Waals surface area contributed by atoms with Crippen LogP contribution in [0.25, 0.3) is 0 Å². The molecule has 0 heterocycles. The number of halogens is 1. The van der Waals surface area contributed by atoms with Gasteiger partial charge in [0.05, 0.1) is 10.2 Å². The molecule has 0 aliphatic rings. The molecule has 0 spiro atoms. The monoisotopic (exact) mass is 350 g/mol.